The Kier molecular flexibility index (Phi) is 6.97. The number of ether oxygens (including phenoxy) is 1. The van der Waals surface area contributed by atoms with Crippen LogP contribution in [0.4, 0.5) is 0 Å². The molecular formula is C27H27ClN4O2S. The molecule has 0 unspecified atom stereocenters. The number of hydrogen-bond acceptors (Lipinski definition) is 5. The smallest absolute Gasteiger partial charge is 0.286 e. The van der Waals surface area contributed by atoms with E-state index in [9.17, 15) is 4.79 Å². The third kappa shape index (κ3) is 5.16. The van der Waals surface area contributed by atoms with Gasteiger partial charge in [0.25, 0.3) is 5.91 Å². The van der Waals surface area contributed by atoms with Crippen LogP contribution in [0.3, 0.4) is 0 Å². The standard InChI is InChI=1S/C27H27ClN4O2S/c1-3-34-23-12-11-19(14-22(23)28)25-20(17-32(30-25)21-9-5-4-6-10-21)15-24-26(33)29-27(35-24)31-13-7-8-18(2)16-31/h4-6,9-12,14-15,17-18H,3,7-8,13,16H2,1-2H3/b24-15-/t18-/m0/s1. The van der Waals surface area contributed by atoms with Crippen LogP contribution in [0, 0.1) is 5.92 Å². The average Bonchev–Trinajstić information content (AvgIpc) is 3.45. The first kappa shape index (κ1) is 23.7. The molecule has 180 valence electrons. The van der Waals surface area contributed by atoms with Crippen molar-refractivity contribution in [3.05, 3.63) is 70.2 Å². The quantitative estimate of drug-likeness (QED) is 0.380. The Bertz CT molecular complexity index is 1300. The highest BCUT2D eigenvalue weighted by Crippen LogP contribution is 2.36. The summed E-state index contributed by atoms with van der Waals surface area (Å²) in [6, 6.07) is 15.5. The zero-order chi connectivity index (χ0) is 24.4. The number of carbonyl (C=O) groups is 1. The molecule has 8 heteroatoms. The second kappa shape index (κ2) is 10.3. The minimum Gasteiger partial charge on any atom is -0.492 e. The third-order valence-electron chi connectivity index (χ3n) is 6.09. The number of carbonyl (C=O) groups excluding carboxylic acids is 1. The Labute approximate surface area is 214 Å². The first-order valence-electron chi connectivity index (χ1n) is 11.9. The van der Waals surface area contributed by atoms with Crippen LogP contribution in [-0.4, -0.2) is 45.5 Å². The highest BCUT2D eigenvalue weighted by atomic mass is 35.5. The lowest BCUT2D eigenvalue weighted by Gasteiger charge is -2.31. The van der Waals surface area contributed by atoms with Crippen LogP contribution >= 0.6 is 23.4 Å². The predicted octanol–water partition coefficient (Wildman–Crippen LogP) is 6.29. The minimum absolute atomic E-state index is 0.202. The second-order valence-electron chi connectivity index (χ2n) is 8.79. The summed E-state index contributed by atoms with van der Waals surface area (Å²) in [4.78, 5) is 20.0. The molecule has 1 fully saturated rings. The number of amides is 1. The molecule has 0 aliphatic carbocycles. The van der Waals surface area contributed by atoms with Crippen molar-refractivity contribution in [1.29, 1.82) is 0 Å². The molecule has 3 aromatic rings. The maximum atomic E-state index is 12.8. The van der Waals surface area contributed by atoms with Crippen molar-refractivity contribution in [2.45, 2.75) is 26.7 Å². The van der Waals surface area contributed by atoms with E-state index in [1.54, 1.807) is 0 Å². The lowest BCUT2D eigenvalue weighted by atomic mass is 10.0. The van der Waals surface area contributed by atoms with Crippen molar-refractivity contribution in [3.8, 4) is 22.7 Å². The molecule has 1 atom stereocenters. The monoisotopic (exact) mass is 506 g/mol. The van der Waals surface area contributed by atoms with Crippen LogP contribution < -0.4 is 4.74 Å². The SMILES string of the molecule is CCOc1ccc(-c2nn(-c3ccccc3)cc2/C=C2\SC(N3CCC[C@H](C)C3)=NC2=O)cc1Cl. The van der Waals surface area contributed by atoms with Crippen molar-refractivity contribution < 1.29 is 9.53 Å². The van der Waals surface area contributed by atoms with E-state index in [2.05, 4.69) is 16.8 Å². The average molecular weight is 507 g/mol. The van der Waals surface area contributed by atoms with Gasteiger partial charge in [0.1, 0.15) is 11.4 Å². The van der Waals surface area contributed by atoms with E-state index in [-0.39, 0.29) is 5.91 Å². The molecule has 1 aromatic heterocycles. The lowest BCUT2D eigenvalue weighted by molar-refractivity contribution is -0.113. The van der Waals surface area contributed by atoms with Gasteiger partial charge in [-0.15, -0.1) is 0 Å². The zero-order valence-corrected chi connectivity index (χ0v) is 21.4. The number of nitrogens with zero attached hydrogens (tertiary/aromatic N) is 4. The highest BCUT2D eigenvalue weighted by Gasteiger charge is 2.29. The maximum absolute atomic E-state index is 12.8. The number of hydrogen-bond donors (Lipinski definition) is 0. The lowest BCUT2D eigenvalue weighted by Crippen LogP contribution is -2.37. The van der Waals surface area contributed by atoms with E-state index < -0.39 is 0 Å². The molecule has 3 heterocycles. The number of halogens is 1. The topological polar surface area (TPSA) is 59.7 Å². The van der Waals surface area contributed by atoms with Crippen molar-refractivity contribution in [1.82, 2.24) is 14.7 Å². The van der Waals surface area contributed by atoms with Crippen molar-refractivity contribution in [2.75, 3.05) is 19.7 Å². The number of aromatic nitrogens is 2. The van der Waals surface area contributed by atoms with Crippen LogP contribution in [0.2, 0.25) is 5.02 Å². The second-order valence-corrected chi connectivity index (χ2v) is 10.2. The number of amidine groups is 1. The van der Waals surface area contributed by atoms with Gasteiger partial charge in [-0.2, -0.15) is 10.1 Å². The van der Waals surface area contributed by atoms with Gasteiger partial charge < -0.3 is 9.64 Å². The molecule has 2 aliphatic rings. The fraction of sp³-hybridized carbons (Fsp3) is 0.296. The Hall–Kier alpha value is -3.03. The van der Waals surface area contributed by atoms with E-state index in [4.69, 9.17) is 21.4 Å². The highest BCUT2D eigenvalue weighted by molar-refractivity contribution is 8.18. The Morgan fingerprint density at radius 3 is 2.80 bits per heavy atom. The van der Waals surface area contributed by atoms with Gasteiger partial charge in [0.05, 0.1) is 22.2 Å². The van der Waals surface area contributed by atoms with Gasteiger partial charge in [-0.25, -0.2) is 4.68 Å². The van der Waals surface area contributed by atoms with E-state index in [0.29, 0.717) is 28.2 Å². The Morgan fingerprint density at radius 2 is 2.06 bits per heavy atom. The van der Waals surface area contributed by atoms with Crippen molar-refractivity contribution >= 4 is 40.5 Å². The van der Waals surface area contributed by atoms with Gasteiger partial charge in [0.2, 0.25) is 0 Å². The van der Waals surface area contributed by atoms with Crippen molar-refractivity contribution in [3.63, 3.8) is 0 Å². The Balaban J connectivity index is 1.51. The van der Waals surface area contributed by atoms with E-state index in [1.807, 2.05) is 72.4 Å². The van der Waals surface area contributed by atoms with E-state index in [0.717, 1.165) is 47.2 Å². The first-order valence-corrected chi connectivity index (χ1v) is 13.1. The van der Waals surface area contributed by atoms with Gasteiger partial charge in [-0.3, -0.25) is 4.79 Å². The molecule has 2 aliphatic heterocycles. The van der Waals surface area contributed by atoms with Crippen LogP contribution in [-0.2, 0) is 4.79 Å². The summed E-state index contributed by atoms with van der Waals surface area (Å²) >= 11 is 7.94. The van der Waals surface area contributed by atoms with Gasteiger partial charge in [-0.05, 0) is 73.9 Å². The number of benzene rings is 2. The fourth-order valence-corrected chi connectivity index (χ4v) is 5.56. The van der Waals surface area contributed by atoms with Gasteiger partial charge in [-0.1, -0.05) is 36.7 Å². The number of piperidine rings is 1. The molecule has 1 saturated heterocycles. The molecule has 0 spiro atoms. The van der Waals surface area contributed by atoms with Crippen LogP contribution in [0.5, 0.6) is 5.75 Å². The molecule has 0 bridgehead atoms. The Morgan fingerprint density at radius 1 is 1.23 bits per heavy atom. The fourth-order valence-electron chi connectivity index (χ4n) is 4.39. The molecule has 5 rings (SSSR count). The van der Waals surface area contributed by atoms with Crippen LogP contribution in [0.1, 0.15) is 32.3 Å². The summed E-state index contributed by atoms with van der Waals surface area (Å²) in [5.74, 6) is 1.04. The molecule has 6 nitrogen and oxygen atoms in total. The summed E-state index contributed by atoms with van der Waals surface area (Å²) in [5.41, 5.74) is 3.34. The molecule has 2 aromatic carbocycles. The van der Waals surface area contributed by atoms with Gasteiger partial charge in [0.15, 0.2) is 5.17 Å². The number of aliphatic imine (C=N–C) groups is 1. The van der Waals surface area contributed by atoms with E-state index >= 15 is 0 Å². The van der Waals surface area contributed by atoms with E-state index in [1.165, 1.54) is 18.2 Å². The normalized spacial score (nSPS) is 19.3. The number of likely N-dealkylation sites (tertiary alicyclic amines) is 1. The van der Waals surface area contributed by atoms with Gasteiger partial charge >= 0.3 is 0 Å². The van der Waals surface area contributed by atoms with Crippen LogP contribution in [0.15, 0.2) is 64.6 Å². The molecule has 0 saturated carbocycles. The summed E-state index contributed by atoms with van der Waals surface area (Å²) < 4.78 is 7.42. The largest absolute Gasteiger partial charge is 0.492 e. The third-order valence-corrected chi connectivity index (χ3v) is 7.43. The summed E-state index contributed by atoms with van der Waals surface area (Å²) in [6.07, 6.45) is 6.18. The summed E-state index contributed by atoms with van der Waals surface area (Å²) in [5, 5.41) is 6.18. The van der Waals surface area contributed by atoms with Crippen LogP contribution in [0.25, 0.3) is 23.0 Å². The summed E-state index contributed by atoms with van der Waals surface area (Å²) in [7, 11) is 0. The summed E-state index contributed by atoms with van der Waals surface area (Å²) in [6.45, 7) is 6.59. The van der Waals surface area contributed by atoms with Gasteiger partial charge in [0, 0.05) is 30.4 Å². The van der Waals surface area contributed by atoms with Crippen molar-refractivity contribution in [2.24, 2.45) is 10.9 Å². The zero-order valence-electron chi connectivity index (χ0n) is 19.8. The number of rotatable bonds is 5. The molecule has 0 N–H and O–H groups in total. The number of thioether (sulfide) groups is 1. The molecule has 0 radical (unpaired) electrons. The molecule has 1 amide bonds. The molecule has 35 heavy (non-hydrogen) atoms. The molecular weight excluding hydrogens is 480 g/mol. The minimum atomic E-state index is -0.202. The number of para-hydroxylation sites is 1. The predicted molar refractivity (Wildman–Crippen MR) is 143 cm³/mol. The first-order chi connectivity index (χ1) is 17.0. The maximum Gasteiger partial charge on any atom is 0.286 e.